The highest BCUT2D eigenvalue weighted by Crippen LogP contribution is 2.08. The molecule has 1 aromatic carbocycles. The molecule has 0 radical (unpaired) electrons. The number of rotatable bonds is 4. The van der Waals surface area contributed by atoms with Gasteiger partial charge in [-0.15, -0.1) is 0 Å². The number of nitrogen functional groups attached to an aromatic ring is 1. The molecule has 0 aromatic heterocycles. The fourth-order valence-electron chi connectivity index (χ4n) is 1.47. The zero-order valence-corrected chi connectivity index (χ0v) is 11.0. The monoisotopic (exact) mass is 269 g/mol. The van der Waals surface area contributed by atoms with Crippen molar-refractivity contribution in [2.45, 2.75) is 0 Å². The number of esters is 1. The number of carbonyl (C=O) groups excluding carboxylic acids is 1. The van der Waals surface area contributed by atoms with Crippen molar-refractivity contribution in [3.05, 3.63) is 17.7 Å². The summed E-state index contributed by atoms with van der Waals surface area (Å²) in [7, 11) is -0.569. The van der Waals surface area contributed by atoms with E-state index < -0.39 is 28.4 Å². The molecule has 1 aromatic rings. The van der Waals surface area contributed by atoms with Gasteiger partial charge in [0.15, 0.2) is 0 Å². The molecule has 0 heterocycles. The van der Waals surface area contributed by atoms with Crippen LogP contribution in [0.25, 0.3) is 0 Å². The average Bonchev–Trinajstić information content (AvgIpc) is 2.21. The van der Waals surface area contributed by atoms with Crippen molar-refractivity contribution in [1.29, 1.82) is 0 Å². The third-order valence-electron chi connectivity index (χ3n) is 2.33. The van der Waals surface area contributed by atoms with E-state index in [9.17, 15) is 13.2 Å². The molecule has 0 aliphatic rings. The SMILES string of the molecule is Bc1cc(B)c(N)c(C(=O)OCCS(=O)(=O)O)c1. The van der Waals surface area contributed by atoms with E-state index >= 15 is 0 Å². The summed E-state index contributed by atoms with van der Waals surface area (Å²) >= 11 is 0. The van der Waals surface area contributed by atoms with Gasteiger partial charge in [0.05, 0.1) is 5.56 Å². The highest BCUT2D eigenvalue weighted by molar-refractivity contribution is 7.85. The van der Waals surface area contributed by atoms with Gasteiger partial charge in [-0.05, 0) is 0 Å². The van der Waals surface area contributed by atoms with E-state index in [1.165, 1.54) is 0 Å². The van der Waals surface area contributed by atoms with Crippen LogP contribution < -0.4 is 16.7 Å². The largest absolute Gasteiger partial charge is 0.461 e. The number of carbonyl (C=O) groups is 1. The molecular formula is C9H13B2NO5S. The number of hydrogen-bond donors (Lipinski definition) is 2. The van der Waals surface area contributed by atoms with Crippen molar-refractivity contribution in [3.63, 3.8) is 0 Å². The summed E-state index contributed by atoms with van der Waals surface area (Å²) in [6.07, 6.45) is 0. The molecule has 6 nitrogen and oxygen atoms in total. The molecule has 0 atom stereocenters. The lowest BCUT2D eigenvalue weighted by atomic mass is 9.84. The quantitative estimate of drug-likeness (QED) is 0.258. The van der Waals surface area contributed by atoms with Crippen LogP contribution in [0.1, 0.15) is 10.4 Å². The first-order valence-electron chi connectivity index (χ1n) is 5.19. The van der Waals surface area contributed by atoms with Gasteiger partial charge in [0.2, 0.25) is 0 Å². The van der Waals surface area contributed by atoms with Crippen LogP contribution in [0.3, 0.4) is 0 Å². The maximum Gasteiger partial charge on any atom is 0.340 e. The highest BCUT2D eigenvalue weighted by atomic mass is 32.2. The molecule has 0 spiro atoms. The molecule has 0 aliphatic heterocycles. The van der Waals surface area contributed by atoms with Crippen molar-refractivity contribution in [3.8, 4) is 0 Å². The van der Waals surface area contributed by atoms with Crippen LogP contribution in [0.5, 0.6) is 0 Å². The number of nitrogens with two attached hydrogens (primary N) is 1. The van der Waals surface area contributed by atoms with Crippen molar-refractivity contribution in [2.75, 3.05) is 18.1 Å². The molecule has 0 bridgehead atoms. The summed E-state index contributed by atoms with van der Waals surface area (Å²) in [5.41, 5.74) is 7.84. The molecule has 0 saturated carbocycles. The fraction of sp³-hybridized carbons (Fsp3) is 0.222. The van der Waals surface area contributed by atoms with Crippen LogP contribution in [0.4, 0.5) is 5.69 Å². The molecular weight excluding hydrogens is 256 g/mol. The van der Waals surface area contributed by atoms with Crippen molar-refractivity contribution in [2.24, 2.45) is 0 Å². The van der Waals surface area contributed by atoms with Gasteiger partial charge in [0, 0.05) is 5.69 Å². The van der Waals surface area contributed by atoms with Crippen LogP contribution >= 0.6 is 0 Å². The smallest absolute Gasteiger partial charge is 0.340 e. The minimum absolute atomic E-state index is 0.197. The number of hydrogen-bond acceptors (Lipinski definition) is 5. The summed E-state index contributed by atoms with van der Waals surface area (Å²) in [6, 6.07) is 3.39. The molecule has 0 amide bonds. The maximum atomic E-state index is 11.7. The molecule has 0 saturated heterocycles. The minimum atomic E-state index is -4.14. The zero-order chi connectivity index (χ0) is 13.9. The third kappa shape index (κ3) is 4.08. The Balaban J connectivity index is 2.79. The Hall–Kier alpha value is -1.47. The van der Waals surface area contributed by atoms with Gasteiger partial charge < -0.3 is 10.5 Å². The molecule has 9 heteroatoms. The zero-order valence-electron chi connectivity index (χ0n) is 10.1. The normalized spacial score (nSPS) is 11.2. The van der Waals surface area contributed by atoms with Crippen LogP contribution in [0.2, 0.25) is 0 Å². The Morgan fingerprint density at radius 2 is 2.00 bits per heavy atom. The molecule has 1 rings (SSSR count). The Labute approximate surface area is 107 Å². The lowest BCUT2D eigenvalue weighted by Crippen LogP contribution is -2.24. The Morgan fingerprint density at radius 1 is 1.39 bits per heavy atom. The summed E-state index contributed by atoms with van der Waals surface area (Å²) in [6.45, 7) is -0.413. The maximum absolute atomic E-state index is 11.7. The Bertz CT molecular complexity index is 573. The topological polar surface area (TPSA) is 107 Å². The van der Waals surface area contributed by atoms with E-state index in [4.69, 9.17) is 15.0 Å². The van der Waals surface area contributed by atoms with Crippen LogP contribution in [-0.4, -0.2) is 47.0 Å². The average molecular weight is 269 g/mol. The fourth-order valence-corrected chi connectivity index (χ4v) is 1.76. The minimum Gasteiger partial charge on any atom is -0.461 e. The number of anilines is 1. The predicted molar refractivity (Wildman–Crippen MR) is 73.9 cm³/mol. The van der Waals surface area contributed by atoms with Gasteiger partial charge >= 0.3 is 5.97 Å². The first kappa shape index (κ1) is 14.6. The van der Waals surface area contributed by atoms with E-state index in [-0.39, 0.29) is 5.56 Å². The first-order chi connectivity index (χ1) is 8.20. The molecule has 0 aliphatic carbocycles. The van der Waals surface area contributed by atoms with Crippen LogP contribution in [0, 0.1) is 0 Å². The van der Waals surface area contributed by atoms with E-state index in [0.717, 1.165) is 10.9 Å². The molecule has 18 heavy (non-hydrogen) atoms. The lowest BCUT2D eigenvalue weighted by Gasteiger charge is -2.10. The van der Waals surface area contributed by atoms with Gasteiger partial charge in [0.25, 0.3) is 10.1 Å². The highest BCUT2D eigenvalue weighted by Gasteiger charge is 2.14. The number of ether oxygens (including phenoxy) is 1. The van der Waals surface area contributed by atoms with E-state index in [1.807, 2.05) is 6.07 Å². The second kappa shape index (κ2) is 5.45. The second-order valence-corrected chi connectivity index (χ2v) is 5.54. The molecule has 0 fully saturated rings. The Kier molecular flexibility index (Phi) is 4.42. The molecule has 0 unspecified atom stereocenters. The number of benzene rings is 1. The first-order valence-corrected chi connectivity index (χ1v) is 6.80. The van der Waals surface area contributed by atoms with Crippen LogP contribution in [-0.2, 0) is 14.9 Å². The molecule has 3 N–H and O–H groups in total. The van der Waals surface area contributed by atoms with Crippen molar-refractivity contribution in [1.82, 2.24) is 0 Å². The summed E-state index contributed by atoms with van der Waals surface area (Å²) < 4.78 is 34.2. The lowest BCUT2D eigenvalue weighted by molar-refractivity contribution is 0.0529. The van der Waals surface area contributed by atoms with E-state index in [2.05, 4.69) is 0 Å². The van der Waals surface area contributed by atoms with Gasteiger partial charge in [-0.2, -0.15) is 8.42 Å². The van der Waals surface area contributed by atoms with Crippen molar-refractivity contribution >= 4 is 48.4 Å². The van der Waals surface area contributed by atoms with Gasteiger partial charge in [-0.3, -0.25) is 4.55 Å². The Morgan fingerprint density at radius 3 is 2.56 bits per heavy atom. The van der Waals surface area contributed by atoms with E-state index in [1.54, 1.807) is 21.8 Å². The van der Waals surface area contributed by atoms with Crippen LogP contribution in [0.15, 0.2) is 12.1 Å². The van der Waals surface area contributed by atoms with Gasteiger partial charge in [0.1, 0.15) is 28.1 Å². The predicted octanol–water partition coefficient (Wildman–Crippen LogP) is -3.17. The van der Waals surface area contributed by atoms with Gasteiger partial charge in [-0.1, -0.05) is 23.1 Å². The second-order valence-electron chi connectivity index (χ2n) is 3.97. The summed E-state index contributed by atoms with van der Waals surface area (Å²) in [4.78, 5) is 11.7. The summed E-state index contributed by atoms with van der Waals surface area (Å²) in [5, 5.41) is 0. The van der Waals surface area contributed by atoms with Gasteiger partial charge in [-0.25, -0.2) is 4.79 Å². The third-order valence-corrected chi connectivity index (χ3v) is 3.01. The standard InChI is InChI=1S/C9H13B2NO5S/c10-5-3-6(8(12)7(11)4-5)9(13)17-1-2-18(14,15)16/h3-4H,1-2,10-12H2,(H,14,15,16). The molecule has 96 valence electrons. The van der Waals surface area contributed by atoms with E-state index in [0.29, 0.717) is 5.69 Å². The van der Waals surface area contributed by atoms with Crippen molar-refractivity contribution < 1.29 is 22.5 Å². The summed E-state index contributed by atoms with van der Waals surface area (Å²) in [5.74, 6) is -1.34.